The molecule has 1 rings (SSSR count). The summed E-state index contributed by atoms with van der Waals surface area (Å²) in [6.07, 6.45) is 68.2. The van der Waals surface area contributed by atoms with Gasteiger partial charge in [-0.1, -0.05) is 317 Å². The summed E-state index contributed by atoms with van der Waals surface area (Å²) in [5.74, 6) is 2.62. The van der Waals surface area contributed by atoms with Crippen molar-refractivity contribution >= 4 is 0 Å². The molecule has 0 unspecified atom stereocenters. The van der Waals surface area contributed by atoms with Gasteiger partial charge in [0.2, 0.25) is 5.75 Å². The molecular formula is C63H119O3. The molecule has 66 heavy (non-hydrogen) atoms. The molecular weight excluding hydrogens is 805 g/mol. The van der Waals surface area contributed by atoms with Crippen LogP contribution in [0.5, 0.6) is 17.2 Å². The smallest absolute Gasteiger partial charge is 0.203 e. The number of ether oxygens (including phenoxy) is 3. The third-order valence-electron chi connectivity index (χ3n) is 14.3. The number of hydrogen-bond donors (Lipinski definition) is 0. The average Bonchev–Trinajstić information content (AvgIpc) is 3.32. The Morgan fingerprint density at radius 1 is 0.273 bits per heavy atom. The minimum absolute atomic E-state index is 0.734. The van der Waals surface area contributed by atoms with Crippen molar-refractivity contribution in [2.24, 2.45) is 0 Å². The predicted molar refractivity (Wildman–Crippen MR) is 295 cm³/mol. The zero-order chi connectivity index (χ0) is 47.3. The number of unbranched alkanes of at least 4 members (excludes halogenated alkanes) is 45. The summed E-state index contributed by atoms with van der Waals surface area (Å²) < 4.78 is 19.8. The van der Waals surface area contributed by atoms with Crippen LogP contribution < -0.4 is 14.2 Å². The van der Waals surface area contributed by atoms with Gasteiger partial charge in [0.05, 0.1) is 19.8 Å². The van der Waals surface area contributed by atoms with Crippen molar-refractivity contribution in [3.63, 3.8) is 0 Å². The van der Waals surface area contributed by atoms with Crippen LogP contribution in [0.25, 0.3) is 0 Å². The van der Waals surface area contributed by atoms with E-state index in [9.17, 15) is 0 Å². The maximum Gasteiger partial charge on any atom is 0.203 e. The van der Waals surface area contributed by atoms with Crippen molar-refractivity contribution in [3.8, 4) is 17.2 Å². The third kappa shape index (κ3) is 42.7. The van der Waals surface area contributed by atoms with Gasteiger partial charge < -0.3 is 14.2 Å². The van der Waals surface area contributed by atoms with E-state index in [1.807, 2.05) is 0 Å². The van der Waals surface area contributed by atoms with Gasteiger partial charge in [0.15, 0.2) is 11.5 Å². The van der Waals surface area contributed by atoms with E-state index >= 15 is 0 Å². The Labute approximate surface area is 416 Å². The number of aryl methyl sites for hydroxylation is 1. The average molecular weight is 925 g/mol. The Bertz CT molecular complexity index is 1010. The van der Waals surface area contributed by atoms with E-state index in [-0.39, 0.29) is 0 Å². The third-order valence-corrected chi connectivity index (χ3v) is 14.3. The lowest BCUT2D eigenvalue weighted by atomic mass is 10.0. The summed E-state index contributed by atoms with van der Waals surface area (Å²) >= 11 is 0. The standard InChI is InChI=1S/C63H119O3/c1-5-9-12-15-18-21-24-27-30-33-36-39-42-45-48-51-55-64-61-58-60(54-8-4)59-62(65-56-52-49-46-43-40-37-34-31-28-25-22-19-16-13-10-6-2)63(61)66-57-53-50-47-44-41-38-35-32-29-26-23-20-17-14-11-7-3/h58-59H,4-57H2,1-3H3. The molecule has 0 N–H and O–H groups in total. The molecule has 0 amide bonds. The van der Waals surface area contributed by atoms with Gasteiger partial charge in [-0.05, 0) is 49.8 Å². The van der Waals surface area contributed by atoms with Crippen LogP contribution >= 0.6 is 0 Å². The van der Waals surface area contributed by atoms with E-state index in [2.05, 4.69) is 39.8 Å². The highest BCUT2D eigenvalue weighted by Gasteiger charge is 2.16. The van der Waals surface area contributed by atoms with Crippen LogP contribution in [0.2, 0.25) is 0 Å². The maximum absolute atomic E-state index is 6.62. The first-order chi connectivity index (χ1) is 32.8. The van der Waals surface area contributed by atoms with Crippen LogP contribution in [-0.4, -0.2) is 19.8 Å². The molecule has 0 saturated heterocycles. The predicted octanol–water partition coefficient (Wildman–Crippen LogP) is 22.4. The molecule has 0 aliphatic carbocycles. The Morgan fingerprint density at radius 3 is 0.682 bits per heavy atom. The van der Waals surface area contributed by atoms with Crippen molar-refractivity contribution in [1.82, 2.24) is 0 Å². The highest BCUT2D eigenvalue weighted by Crippen LogP contribution is 2.40. The molecule has 0 bridgehead atoms. The van der Waals surface area contributed by atoms with Crippen LogP contribution in [-0.2, 0) is 6.42 Å². The first kappa shape index (κ1) is 62.6. The molecule has 1 aromatic rings. The van der Waals surface area contributed by atoms with Gasteiger partial charge in [-0.2, -0.15) is 0 Å². The zero-order valence-electron chi connectivity index (χ0n) is 45.6. The van der Waals surface area contributed by atoms with Crippen molar-refractivity contribution in [1.29, 1.82) is 0 Å². The van der Waals surface area contributed by atoms with Crippen molar-refractivity contribution in [3.05, 3.63) is 24.6 Å². The highest BCUT2D eigenvalue weighted by molar-refractivity contribution is 5.54. The summed E-state index contributed by atoms with van der Waals surface area (Å²) in [6.45, 7) is 13.3. The van der Waals surface area contributed by atoms with Gasteiger partial charge in [0.1, 0.15) is 0 Å². The largest absolute Gasteiger partial charge is 0.490 e. The fraction of sp³-hybridized carbons (Fsp3) is 0.889. The Morgan fingerprint density at radius 2 is 0.470 bits per heavy atom. The van der Waals surface area contributed by atoms with Crippen LogP contribution in [0.1, 0.15) is 341 Å². The first-order valence-corrected chi connectivity index (χ1v) is 30.6. The molecule has 0 atom stereocenters. The molecule has 0 aromatic heterocycles. The Hall–Kier alpha value is -1.38. The number of rotatable bonds is 56. The lowest BCUT2D eigenvalue weighted by molar-refractivity contribution is 0.234. The summed E-state index contributed by atoms with van der Waals surface area (Å²) in [7, 11) is 0. The molecule has 0 saturated carbocycles. The topological polar surface area (TPSA) is 27.7 Å². The van der Waals surface area contributed by atoms with Crippen molar-refractivity contribution in [2.75, 3.05) is 19.8 Å². The number of benzene rings is 1. The first-order valence-electron chi connectivity index (χ1n) is 30.6. The normalized spacial score (nSPS) is 11.5. The quantitative estimate of drug-likeness (QED) is 0.0609. The van der Waals surface area contributed by atoms with Gasteiger partial charge >= 0.3 is 0 Å². The molecule has 0 spiro atoms. The molecule has 3 nitrogen and oxygen atoms in total. The number of hydrogen-bond acceptors (Lipinski definition) is 3. The lowest BCUT2D eigenvalue weighted by Gasteiger charge is -2.19. The minimum atomic E-state index is 0.734. The Kier molecular flexibility index (Phi) is 50.3. The van der Waals surface area contributed by atoms with Crippen molar-refractivity contribution in [2.45, 2.75) is 342 Å². The van der Waals surface area contributed by atoms with E-state index in [0.29, 0.717) is 0 Å². The van der Waals surface area contributed by atoms with Crippen molar-refractivity contribution < 1.29 is 14.2 Å². The fourth-order valence-electron chi connectivity index (χ4n) is 9.83. The van der Waals surface area contributed by atoms with Crippen LogP contribution in [0.4, 0.5) is 0 Å². The second-order valence-corrected chi connectivity index (χ2v) is 21.0. The Balaban J connectivity index is 2.45. The monoisotopic (exact) mass is 924 g/mol. The second kappa shape index (κ2) is 53.0. The van der Waals surface area contributed by atoms with E-state index in [1.165, 1.54) is 295 Å². The summed E-state index contributed by atoms with van der Waals surface area (Å²) in [5, 5.41) is 0. The molecule has 0 heterocycles. The molecule has 0 fully saturated rings. The maximum atomic E-state index is 6.62. The van der Waals surface area contributed by atoms with Crippen LogP contribution in [0.3, 0.4) is 0 Å². The van der Waals surface area contributed by atoms with E-state index in [4.69, 9.17) is 14.2 Å². The molecule has 389 valence electrons. The van der Waals surface area contributed by atoms with Gasteiger partial charge in [0, 0.05) is 0 Å². The minimum Gasteiger partial charge on any atom is -0.490 e. The SMILES string of the molecule is [CH2]CCc1cc(OCCCCCCCCCCCCCCCCCC)c(OCCCCCCCCCCCCCCCCCC)c(OCCCCCCCCCCCCCCCCCC)c1. The fourth-order valence-corrected chi connectivity index (χ4v) is 9.83. The second-order valence-electron chi connectivity index (χ2n) is 21.0. The lowest BCUT2D eigenvalue weighted by Crippen LogP contribution is -2.07. The zero-order valence-corrected chi connectivity index (χ0v) is 45.6. The van der Waals surface area contributed by atoms with Gasteiger partial charge in [-0.25, -0.2) is 0 Å². The van der Waals surface area contributed by atoms with E-state index in [0.717, 1.165) is 69.2 Å². The highest BCUT2D eigenvalue weighted by atomic mass is 16.5. The molecule has 1 aromatic carbocycles. The van der Waals surface area contributed by atoms with E-state index in [1.54, 1.807) is 0 Å². The van der Waals surface area contributed by atoms with E-state index < -0.39 is 0 Å². The van der Waals surface area contributed by atoms with Gasteiger partial charge in [0.25, 0.3) is 0 Å². The molecule has 3 heteroatoms. The molecule has 0 aliphatic rings. The summed E-state index contributed by atoms with van der Waals surface area (Å²) in [6, 6.07) is 4.45. The molecule has 0 aliphatic heterocycles. The van der Waals surface area contributed by atoms with Gasteiger partial charge in [-0.3, -0.25) is 0 Å². The summed E-state index contributed by atoms with van der Waals surface area (Å²) in [5.41, 5.74) is 1.25. The summed E-state index contributed by atoms with van der Waals surface area (Å²) in [4.78, 5) is 0. The molecule has 1 radical (unpaired) electrons. The van der Waals surface area contributed by atoms with Crippen LogP contribution in [0, 0.1) is 6.92 Å². The van der Waals surface area contributed by atoms with Gasteiger partial charge in [-0.15, -0.1) is 0 Å². The van der Waals surface area contributed by atoms with Crippen LogP contribution in [0.15, 0.2) is 12.1 Å².